The van der Waals surface area contributed by atoms with Crippen LogP contribution >= 0.6 is 15.9 Å². The van der Waals surface area contributed by atoms with E-state index in [0.717, 1.165) is 13.2 Å². The molecule has 0 aliphatic rings. The summed E-state index contributed by atoms with van der Waals surface area (Å²) in [5.74, 6) is -5.05. The number of carbonyl (C=O) groups excluding carboxylic acids is 1. The lowest BCUT2D eigenvalue weighted by molar-refractivity contribution is -0.170. The van der Waals surface area contributed by atoms with Gasteiger partial charge in [0.1, 0.15) is 0 Å². The van der Waals surface area contributed by atoms with Crippen LogP contribution in [0.1, 0.15) is 5.56 Å². The van der Waals surface area contributed by atoms with Gasteiger partial charge in [0, 0.05) is 4.47 Å². The summed E-state index contributed by atoms with van der Waals surface area (Å²) < 4.78 is 41.5. The Balaban J connectivity index is 3.37. The van der Waals surface area contributed by atoms with Crippen LogP contribution < -0.4 is 9.47 Å². The van der Waals surface area contributed by atoms with Gasteiger partial charge in [-0.15, -0.1) is 0 Å². The maximum Gasteiger partial charge on any atom is 0.381 e. The molecule has 0 radical (unpaired) electrons. The van der Waals surface area contributed by atoms with Gasteiger partial charge in [0.25, 0.3) is 0 Å². The van der Waals surface area contributed by atoms with Crippen molar-refractivity contribution in [3.63, 3.8) is 0 Å². The minimum absolute atomic E-state index is 0.0237. The van der Waals surface area contributed by atoms with E-state index in [0.29, 0.717) is 0 Å². The number of benzene rings is 1. The van der Waals surface area contributed by atoms with Crippen molar-refractivity contribution >= 4 is 21.9 Å². The monoisotopic (exact) mass is 324 g/mol. The molecule has 1 aromatic rings. The molecule has 0 heterocycles. The Kier molecular flexibility index (Phi) is 4.50. The van der Waals surface area contributed by atoms with Crippen LogP contribution in [-0.4, -0.2) is 27.3 Å². The van der Waals surface area contributed by atoms with Crippen molar-refractivity contribution in [3.8, 4) is 11.5 Å². The molecular weight excluding hydrogens is 314 g/mol. The summed E-state index contributed by atoms with van der Waals surface area (Å²) in [7, 11) is 3.58. The molecule has 1 aromatic carbocycles. The Morgan fingerprint density at radius 3 is 2.11 bits per heavy atom. The van der Waals surface area contributed by atoms with Gasteiger partial charge in [-0.2, -0.15) is 8.78 Å². The van der Waals surface area contributed by atoms with E-state index in [-0.39, 0.29) is 16.0 Å². The highest BCUT2D eigenvalue weighted by Gasteiger charge is 2.44. The fraction of sp³-hybridized carbons (Fsp3) is 0.364. The van der Waals surface area contributed by atoms with Crippen molar-refractivity contribution < 1.29 is 27.8 Å². The van der Waals surface area contributed by atoms with E-state index in [1.807, 2.05) is 0 Å². The van der Waals surface area contributed by atoms with E-state index in [4.69, 9.17) is 9.47 Å². The third-order valence-corrected chi connectivity index (χ3v) is 2.91. The molecule has 4 nitrogen and oxygen atoms in total. The van der Waals surface area contributed by atoms with Crippen molar-refractivity contribution in [1.82, 2.24) is 0 Å². The van der Waals surface area contributed by atoms with Crippen LogP contribution in [0.25, 0.3) is 0 Å². The largest absolute Gasteiger partial charge is 0.493 e. The predicted molar refractivity (Wildman–Crippen MR) is 63.2 cm³/mol. The first-order valence-electron chi connectivity index (χ1n) is 4.76. The Hall–Kier alpha value is -1.37. The van der Waals surface area contributed by atoms with Gasteiger partial charge in [-0.1, -0.05) is 15.9 Å². The first-order chi connectivity index (χ1) is 8.38. The van der Waals surface area contributed by atoms with Gasteiger partial charge in [-0.05, 0) is 12.1 Å². The molecule has 18 heavy (non-hydrogen) atoms. The molecule has 100 valence electrons. The summed E-state index contributed by atoms with van der Waals surface area (Å²) in [6.45, 7) is 0. The summed E-state index contributed by atoms with van der Waals surface area (Å²) in [4.78, 5) is 11.1. The molecule has 7 heteroatoms. The minimum atomic E-state index is -3.77. The Labute approximate surface area is 111 Å². The number of alkyl halides is 2. The molecule has 0 aromatic heterocycles. The second-order valence-electron chi connectivity index (χ2n) is 3.25. The minimum Gasteiger partial charge on any atom is -0.493 e. The quantitative estimate of drug-likeness (QED) is 0.799. The molecule has 0 aliphatic heterocycles. The van der Waals surface area contributed by atoms with Crippen molar-refractivity contribution in [2.75, 3.05) is 21.3 Å². The maximum absolute atomic E-state index is 13.8. The van der Waals surface area contributed by atoms with Gasteiger partial charge in [0.2, 0.25) is 0 Å². The highest BCUT2D eigenvalue weighted by molar-refractivity contribution is 9.10. The van der Waals surface area contributed by atoms with E-state index < -0.39 is 17.5 Å². The summed E-state index contributed by atoms with van der Waals surface area (Å²) in [6, 6.07) is 2.32. The van der Waals surface area contributed by atoms with Gasteiger partial charge in [0.15, 0.2) is 11.5 Å². The molecule has 0 aliphatic carbocycles. The summed E-state index contributed by atoms with van der Waals surface area (Å²) in [5.41, 5.74) is -0.549. The lowest BCUT2D eigenvalue weighted by atomic mass is 10.1. The zero-order valence-electron chi connectivity index (χ0n) is 9.92. The van der Waals surface area contributed by atoms with Crippen molar-refractivity contribution in [3.05, 3.63) is 22.2 Å². The summed E-state index contributed by atoms with van der Waals surface area (Å²) in [6.07, 6.45) is 0. The summed E-state index contributed by atoms with van der Waals surface area (Å²) >= 11 is 2.96. The molecule has 0 bridgehead atoms. The first kappa shape index (κ1) is 14.7. The number of methoxy groups -OCH3 is 3. The van der Waals surface area contributed by atoms with Gasteiger partial charge in [0.05, 0.1) is 26.9 Å². The van der Waals surface area contributed by atoms with Gasteiger partial charge in [-0.25, -0.2) is 4.79 Å². The number of halogens is 3. The van der Waals surface area contributed by atoms with Crippen LogP contribution in [0.15, 0.2) is 16.6 Å². The van der Waals surface area contributed by atoms with Crippen LogP contribution in [0.3, 0.4) is 0 Å². The topological polar surface area (TPSA) is 44.8 Å². The number of ether oxygens (including phenoxy) is 3. The molecule has 0 spiro atoms. The lowest BCUT2D eigenvalue weighted by Gasteiger charge is -2.17. The Bertz CT molecular complexity index is 463. The van der Waals surface area contributed by atoms with E-state index in [1.165, 1.54) is 20.3 Å². The Morgan fingerprint density at radius 2 is 1.67 bits per heavy atom. The van der Waals surface area contributed by atoms with Crippen molar-refractivity contribution in [1.29, 1.82) is 0 Å². The van der Waals surface area contributed by atoms with Crippen LogP contribution in [0.4, 0.5) is 8.78 Å². The van der Waals surface area contributed by atoms with Crippen LogP contribution in [0, 0.1) is 0 Å². The normalized spacial score (nSPS) is 11.0. The zero-order valence-corrected chi connectivity index (χ0v) is 11.5. The zero-order chi connectivity index (χ0) is 13.9. The first-order valence-corrected chi connectivity index (χ1v) is 5.56. The van der Waals surface area contributed by atoms with Gasteiger partial charge >= 0.3 is 11.9 Å². The lowest BCUT2D eigenvalue weighted by Crippen LogP contribution is -2.27. The van der Waals surface area contributed by atoms with Crippen molar-refractivity contribution in [2.24, 2.45) is 0 Å². The number of hydrogen-bond donors (Lipinski definition) is 0. The van der Waals surface area contributed by atoms with Crippen LogP contribution in [0.5, 0.6) is 11.5 Å². The third kappa shape index (κ3) is 2.55. The molecule has 0 saturated heterocycles. The highest BCUT2D eigenvalue weighted by Crippen LogP contribution is 2.41. The molecule has 0 atom stereocenters. The van der Waals surface area contributed by atoms with E-state index in [1.54, 1.807) is 0 Å². The van der Waals surface area contributed by atoms with E-state index in [2.05, 4.69) is 20.7 Å². The molecular formula is C11H11BrF2O4. The van der Waals surface area contributed by atoms with Crippen LogP contribution in [0.2, 0.25) is 0 Å². The van der Waals surface area contributed by atoms with E-state index in [9.17, 15) is 13.6 Å². The fourth-order valence-corrected chi connectivity index (χ4v) is 1.90. The predicted octanol–water partition coefficient (Wildman–Crippen LogP) is 2.73. The molecule has 0 saturated carbocycles. The SMILES string of the molecule is COC(=O)C(F)(F)c1cc(OC)c(OC)cc1Br. The smallest absolute Gasteiger partial charge is 0.381 e. The van der Waals surface area contributed by atoms with Crippen LogP contribution in [-0.2, 0) is 15.5 Å². The number of carbonyl (C=O) groups is 1. The average molecular weight is 325 g/mol. The number of esters is 1. The highest BCUT2D eigenvalue weighted by atomic mass is 79.9. The van der Waals surface area contributed by atoms with Crippen molar-refractivity contribution in [2.45, 2.75) is 5.92 Å². The Morgan fingerprint density at radius 1 is 1.17 bits per heavy atom. The second kappa shape index (κ2) is 5.51. The number of hydrogen-bond acceptors (Lipinski definition) is 4. The summed E-state index contributed by atoms with van der Waals surface area (Å²) in [5, 5.41) is 0. The molecule has 0 N–H and O–H groups in total. The number of rotatable bonds is 4. The molecule has 0 unspecified atom stereocenters. The fourth-order valence-electron chi connectivity index (χ4n) is 1.33. The second-order valence-corrected chi connectivity index (χ2v) is 4.11. The molecule has 1 rings (SSSR count). The molecule has 0 fully saturated rings. The third-order valence-electron chi connectivity index (χ3n) is 2.25. The van der Waals surface area contributed by atoms with E-state index >= 15 is 0 Å². The van der Waals surface area contributed by atoms with Gasteiger partial charge in [-0.3, -0.25) is 0 Å². The standard InChI is InChI=1S/C11H11BrF2O4/c1-16-8-4-6(7(12)5-9(8)17-2)11(13,14)10(15)18-3/h4-5H,1-3H3. The molecule has 0 amide bonds. The average Bonchev–Trinajstić information content (AvgIpc) is 2.36. The van der Waals surface area contributed by atoms with Gasteiger partial charge < -0.3 is 14.2 Å². The maximum atomic E-state index is 13.8.